The molecule has 64 valence electrons. The van der Waals surface area contributed by atoms with Gasteiger partial charge in [0.15, 0.2) is 0 Å². The number of benzene rings is 1. The van der Waals surface area contributed by atoms with Gasteiger partial charge in [-0.2, -0.15) is 0 Å². The van der Waals surface area contributed by atoms with E-state index in [0.29, 0.717) is 11.9 Å². The summed E-state index contributed by atoms with van der Waals surface area (Å²) in [6.07, 6.45) is 1.32. The van der Waals surface area contributed by atoms with Crippen molar-refractivity contribution in [2.45, 2.75) is 19.4 Å². The van der Waals surface area contributed by atoms with Crippen LogP contribution in [-0.4, -0.2) is 17.8 Å². The Morgan fingerprint density at radius 3 is 3.00 bits per heavy atom. The molecular weight excluding hydrogens is 152 g/mol. The zero-order chi connectivity index (χ0) is 8.55. The summed E-state index contributed by atoms with van der Waals surface area (Å²) in [7, 11) is 0. The second-order valence-electron chi connectivity index (χ2n) is 3.22. The number of hydrogen-bond donors (Lipinski definition) is 1. The minimum Gasteiger partial charge on any atom is -0.508 e. The Bertz CT molecular complexity index is 290. The second-order valence-corrected chi connectivity index (χ2v) is 3.22. The largest absolute Gasteiger partial charge is 0.508 e. The molecule has 1 aromatic carbocycles. The molecule has 0 aromatic heterocycles. The summed E-state index contributed by atoms with van der Waals surface area (Å²) in [5.41, 5.74) is 2.17. The van der Waals surface area contributed by atoms with Crippen molar-refractivity contribution in [2.75, 3.05) is 6.61 Å². The minimum absolute atomic E-state index is 0.383. The summed E-state index contributed by atoms with van der Waals surface area (Å²) < 4.78 is 5.13. The monoisotopic (exact) mass is 164 g/mol. The lowest BCUT2D eigenvalue weighted by Gasteiger charge is -2.04. The quantitative estimate of drug-likeness (QED) is 0.674. The molecule has 0 radical (unpaired) electrons. The summed E-state index contributed by atoms with van der Waals surface area (Å²) in [6.45, 7) is 2.81. The van der Waals surface area contributed by atoms with Gasteiger partial charge in [0.2, 0.25) is 0 Å². The first kappa shape index (κ1) is 7.62. The van der Waals surface area contributed by atoms with Crippen LogP contribution in [0.25, 0.3) is 0 Å². The van der Waals surface area contributed by atoms with Crippen LogP contribution in [0.5, 0.6) is 5.75 Å². The van der Waals surface area contributed by atoms with Gasteiger partial charge in [-0.25, -0.2) is 0 Å². The normalized spacial score (nSPS) is 20.9. The molecule has 0 saturated carbocycles. The van der Waals surface area contributed by atoms with Crippen molar-refractivity contribution >= 4 is 0 Å². The highest BCUT2D eigenvalue weighted by atomic mass is 16.6. The number of ether oxygens (including phenoxy) is 1. The van der Waals surface area contributed by atoms with Crippen molar-refractivity contribution in [3.05, 3.63) is 29.3 Å². The van der Waals surface area contributed by atoms with Gasteiger partial charge in [0.05, 0.1) is 12.7 Å². The molecule has 1 N–H and O–H groups in total. The van der Waals surface area contributed by atoms with Gasteiger partial charge in [-0.1, -0.05) is 12.1 Å². The molecule has 1 atom stereocenters. The first-order chi connectivity index (χ1) is 5.77. The molecule has 2 nitrogen and oxygen atoms in total. The molecule has 1 aliphatic heterocycles. The maximum absolute atomic E-state index is 9.39. The third-order valence-electron chi connectivity index (χ3n) is 2.27. The van der Waals surface area contributed by atoms with Crippen molar-refractivity contribution in [2.24, 2.45) is 0 Å². The maximum atomic E-state index is 9.39. The van der Waals surface area contributed by atoms with E-state index in [1.807, 2.05) is 19.1 Å². The van der Waals surface area contributed by atoms with Crippen LogP contribution in [0.15, 0.2) is 18.2 Å². The van der Waals surface area contributed by atoms with Crippen LogP contribution < -0.4 is 0 Å². The van der Waals surface area contributed by atoms with Crippen molar-refractivity contribution in [1.82, 2.24) is 0 Å². The summed E-state index contributed by atoms with van der Waals surface area (Å²) in [5, 5.41) is 9.39. The van der Waals surface area contributed by atoms with Crippen LogP contribution in [0.3, 0.4) is 0 Å². The van der Waals surface area contributed by atoms with Gasteiger partial charge in [0.1, 0.15) is 5.75 Å². The van der Waals surface area contributed by atoms with Gasteiger partial charge < -0.3 is 9.84 Å². The molecule has 12 heavy (non-hydrogen) atoms. The molecule has 2 heteroatoms. The lowest BCUT2D eigenvalue weighted by Crippen LogP contribution is -1.95. The molecule has 1 heterocycles. The number of epoxide rings is 1. The van der Waals surface area contributed by atoms with Crippen LogP contribution in [0.2, 0.25) is 0 Å². The number of hydrogen-bond acceptors (Lipinski definition) is 2. The zero-order valence-corrected chi connectivity index (χ0v) is 7.08. The Kier molecular flexibility index (Phi) is 1.77. The lowest BCUT2D eigenvalue weighted by atomic mass is 10.0. The summed E-state index contributed by atoms with van der Waals surface area (Å²) in [5.74, 6) is 0.383. The van der Waals surface area contributed by atoms with Gasteiger partial charge in [0.25, 0.3) is 0 Å². The van der Waals surface area contributed by atoms with Crippen LogP contribution in [0.1, 0.15) is 11.1 Å². The van der Waals surface area contributed by atoms with E-state index in [1.54, 1.807) is 6.07 Å². The van der Waals surface area contributed by atoms with Crippen LogP contribution in [-0.2, 0) is 11.2 Å². The van der Waals surface area contributed by atoms with E-state index in [4.69, 9.17) is 4.74 Å². The molecule has 1 aliphatic rings. The van der Waals surface area contributed by atoms with Crippen molar-refractivity contribution in [3.63, 3.8) is 0 Å². The molecule has 0 spiro atoms. The number of aromatic hydroxyl groups is 1. The van der Waals surface area contributed by atoms with Gasteiger partial charge in [-0.05, 0) is 24.1 Å². The first-order valence-electron chi connectivity index (χ1n) is 4.16. The van der Waals surface area contributed by atoms with Crippen molar-refractivity contribution < 1.29 is 9.84 Å². The predicted molar refractivity (Wildman–Crippen MR) is 46.3 cm³/mol. The maximum Gasteiger partial charge on any atom is 0.118 e. The highest BCUT2D eigenvalue weighted by Crippen LogP contribution is 2.24. The van der Waals surface area contributed by atoms with E-state index in [0.717, 1.165) is 18.6 Å². The van der Waals surface area contributed by atoms with E-state index in [-0.39, 0.29) is 0 Å². The van der Waals surface area contributed by atoms with Gasteiger partial charge in [-0.15, -0.1) is 0 Å². The van der Waals surface area contributed by atoms with E-state index < -0.39 is 0 Å². The van der Waals surface area contributed by atoms with E-state index >= 15 is 0 Å². The molecule has 1 saturated heterocycles. The van der Waals surface area contributed by atoms with Crippen molar-refractivity contribution in [1.29, 1.82) is 0 Å². The Morgan fingerprint density at radius 1 is 1.58 bits per heavy atom. The summed E-state index contributed by atoms with van der Waals surface area (Å²) in [4.78, 5) is 0. The second kappa shape index (κ2) is 2.79. The number of rotatable bonds is 2. The summed E-state index contributed by atoms with van der Waals surface area (Å²) >= 11 is 0. The van der Waals surface area contributed by atoms with Crippen LogP contribution in [0.4, 0.5) is 0 Å². The average molecular weight is 164 g/mol. The first-order valence-corrected chi connectivity index (χ1v) is 4.16. The molecule has 1 fully saturated rings. The standard InChI is InChI=1S/C10H12O2/c1-7-8(5-9-6-12-9)3-2-4-10(7)11/h2-4,9,11H,5-6H2,1H3. The fourth-order valence-electron chi connectivity index (χ4n) is 1.32. The van der Waals surface area contributed by atoms with Gasteiger partial charge >= 0.3 is 0 Å². The van der Waals surface area contributed by atoms with Crippen LogP contribution >= 0.6 is 0 Å². The van der Waals surface area contributed by atoms with Gasteiger partial charge in [0, 0.05) is 6.42 Å². The SMILES string of the molecule is Cc1c(O)cccc1CC1CO1. The van der Waals surface area contributed by atoms with E-state index in [9.17, 15) is 5.11 Å². The highest BCUT2D eigenvalue weighted by Gasteiger charge is 2.23. The molecular formula is C10H12O2. The summed E-state index contributed by atoms with van der Waals surface area (Å²) in [6, 6.07) is 5.63. The zero-order valence-electron chi connectivity index (χ0n) is 7.08. The Morgan fingerprint density at radius 2 is 2.33 bits per heavy atom. The number of phenolic OH excluding ortho intramolecular Hbond substituents is 1. The highest BCUT2D eigenvalue weighted by molar-refractivity contribution is 5.38. The third kappa shape index (κ3) is 1.43. The molecule has 1 unspecified atom stereocenters. The lowest BCUT2D eigenvalue weighted by molar-refractivity contribution is 0.406. The smallest absolute Gasteiger partial charge is 0.118 e. The topological polar surface area (TPSA) is 32.8 Å². The van der Waals surface area contributed by atoms with Crippen LogP contribution in [0, 0.1) is 6.92 Å². The Labute approximate surface area is 71.8 Å². The minimum atomic E-state index is 0.383. The molecule has 0 amide bonds. The number of phenols is 1. The fourth-order valence-corrected chi connectivity index (χ4v) is 1.32. The molecule has 0 bridgehead atoms. The predicted octanol–water partition coefficient (Wildman–Crippen LogP) is 1.64. The van der Waals surface area contributed by atoms with Gasteiger partial charge in [-0.3, -0.25) is 0 Å². The molecule has 1 aromatic rings. The van der Waals surface area contributed by atoms with Crippen molar-refractivity contribution in [3.8, 4) is 5.75 Å². The van der Waals surface area contributed by atoms with E-state index in [2.05, 4.69) is 0 Å². The Hall–Kier alpha value is -1.02. The fraction of sp³-hybridized carbons (Fsp3) is 0.400. The third-order valence-corrected chi connectivity index (χ3v) is 2.27. The molecule has 2 rings (SSSR count). The molecule has 0 aliphatic carbocycles. The Balaban J connectivity index is 2.23. The van der Waals surface area contributed by atoms with E-state index in [1.165, 1.54) is 5.56 Å². The average Bonchev–Trinajstić information content (AvgIpc) is 2.83.